The highest BCUT2D eigenvalue weighted by molar-refractivity contribution is 7.92. The van der Waals surface area contributed by atoms with Crippen LogP contribution >= 0.6 is 23.2 Å². The van der Waals surface area contributed by atoms with Gasteiger partial charge in [-0.2, -0.15) is 0 Å². The Hall–Kier alpha value is -2.54. The van der Waals surface area contributed by atoms with Gasteiger partial charge in [-0.15, -0.1) is 0 Å². The van der Waals surface area contributed by atoms with Gasteiger partial charge in [0.15, 0.2) is 0 Å². The number of hydrogen-bond acceptors (Lipinski definition) is 3. The lowest BCUT2D eigenvalue weighted by Gasteiger charge is -2.25. The molecule has 0 aromatic heterocycles. The largest absolute Gasteiger partial charge is 0.323 e. The molecule has 31 heavy (non-hydrogen) atoms. The van der Waals surface area contributed by atoms with E-state index < -0.39 is 22.5 Å². The first kappa shape index (κ1) is 23.1. The van der Waals surface area contributed by atoms with Crippen LogP contribution in [0.15, 0.2) is 65.6 Å². The maximum atomic E-state index is 13.4. The van der Waals surface area contributed by atoms with E-state index in [1.54, 1.807) is 36.4 Å². The fourth-order valence-corrected chi connectivity index (χ4v) is 4.70. The number of nitrogens with one attached hydrogen (secondary N) is 1. The third kappa shape index (κ3) is 5.39. The zero-order valence-corrected chi connectivity index (χ0v) is 19.6. The molecule has 1 amide bonds. The summed E-state index contributed by atoms with van der Waals surface area (Å²) in [4.78, 5) is 12.9. The SMILES string of the molecule is Cc1ccc(S(=O)(=O)N(CC(=O)Nc2cc(Cl)ccc2Cl)c2ccc(C)c(C)c2)cc1. The van der Waals surface area contributed by atoms with E-state index in [-0.39, 0.29) is 4.90 Å². The smallest absolute Gasteiger partial charge is 0.264 e. The van der Waals surface area contributed by atoms with E-state index in [4.69, 9.17) is 23.2 Å². The maximum absolute atomic E-state index is 13.4. The van der Waals surface area contributed by atoms with Crippen molar-refractivity contribution in [2.24, 2.45) is 0 Å². The zero-order chi connectivity index (χ0) is 22.8. The molecule has 5 nitrogen and oxygen atoms in total. The molecular formula is C23H22Cl2N2O3S. The fourth-order valence-electron chi connectivity index (χ4n) is 2.95. The number of rotatable bonds is 6. The summed E-state index contributed by atoms with van der Waals surface area (Å²) in [7, 11) is -3.99. The number of nitrogens with zero attached hydrogens (tertiary/aromatic N) is 1. The number of carbonyl (C=O) groups excluding carboxylic acids is 1. The molecule has 0 aliphatic rings. The number of amides is 1. The van der Waals surface area contributed by atoms with Crippen molar-refractivity contribution in [1.82, 2.24) is 0 Å². The number of sulfonamides is 1. The second-order valence-electron chi connectivity index (χ2n) is 7.27. The van der Waals surface area contributed by atoms with Crippen LogP contribution in [0, 0.1) is 20.8 Å². The van der Waals surface area contributed by atoms with E-state index >= 15 is 0 Å². The lowest BCUT2D eigenvalue weighted by Crippen LogP contribution is -2.38. The van der Waals surface area contributed by atoms with Gasteiger partial charge in [0.1, 0.15) is 6.54 Å². The van der Waals surface area contributed by atoms with Crippen molar-refractivity contribution >= 4 is 50.5 Å². The lowest BCUT2D eigenvalue weighted by molar-refractivity contribution is -0.114. The Morgan fingerprint density at radius 3 is 2.23 bits per heavy atom. The van der Waals surface area contributed by atoms with Crippen molar-refractivity contribution in [2.45, 2.75) is 25.7 Å². The van der Waals surface area contributed by atoms with Crippen molar-refractivity contribution in [1.29, 1.82) is 0 Å². The number of hydrogen-bond donors (Lipinski definition) is 1. The fraction of sp³-hybridized carbons (Fsp3) is 0.174. The highest BCUT2D eigenvalue weighted by Crippen LogP contribution is 2.28. The summed E-state index contributed by atoms with van der Waals surface area (Å²) < 4.78 is 28.0. The summed E-state index contributed by atoms with van der Waals surface area (Å²) in [6.07, 6.45) is 0. The average molecular weight is 477 g/mol. The first-order valence-electron chi connectivity index (χ1n) is 9.49. The number of benzene rings is 3. The van der Waals surface area contributed by atoms with Gasteiger partial charge in [-0.05, 0) is 74.4 Å². The first-order valence-corrected chi connectivity index (χ1v) is 11.7. The van der Waals surface area contributed by atoms with E-state index in [1.165, 1.54) is 18.2 Å². The van der Waals surface area contributed by atoms with E-state index in [1.807, 2.05) is 26.8 Å². The summed E-state index contributed by atoms with van der Waals surface area (Å²) in [6.45, 7) is 5.27. The third-order valence-electron chi connectivity index (χ3n) is 4.88. The predicted octanol–water partition coefficient (Wildman–Crippen LogP) is 5.75. The number of carbonyl (C=O) groups is 1. The Balaban J connectivity index is 1.99. The molecule has 0 atom stereocenters. The van der Waals surface area contributed by atoms with E-state index in [0.29, 0.717) is 21.4 Å². The van der Waals surface area contributed by atoms with Gasteiger partial charge in [-0.25, -0.2) is 8.42 Å². The summed E-state index contributed by atoms with van der Waals surface area (Å²) in [6, 6.07) is 16.4. The van der Waals surface area contributed by atoms with Crippen LogP contribution in [0.4, 0.5) is 11.4 Å². The Morgan fingerprint density at radius 1 is 0.903 bits per heavy atom. The maximum Gasteiger partial charge on any atom is 0.264 e. The van der Waals surface area contributed by atoms with Crippen molar-refractivity contribution < 1.29 is 13.2 Å². The van der Waals surface area contributed by atoms with E-state index in [0.717, 1.165) is 21.0 Å². The Bertz CT molecular complexity index is 1230. The standard InChI is InChI=1S/C23H22Cl2N2O3S/c1-15-4-9-20(10-5-15)31(29,30)27(19-8-6-16(2)17(3)12-19)14-23(28)26-22-13-18(24)7-11-21(22)25/h4-13H,14H2,1-3H3,(H,26,28). The van der Waals surface area contributed by atoms with Crippen LogP contribution in [-0.2, 0) is 14.8 Å². The van der Waals surface area contributed by atoms with Gasteiger partial charge < -0.3 is 5.32 Å². The molecule has 0 fully saturated rings. The highest BCUT2D eigenvalue weighted by Gasteiger charge is 2.27. The van der Waals surface area contributed by atoms with Gasteiger partial charge in [0.2, 0.25) is 5.91 Å². The van der Waals surface area contributed by atoms with Gasteiger partial charge in [-0.1, -0.05) is 47.0 Å². The number of aryl methyl sites for hydroxylation is 3. The minimum absolute atomic E-state index is 0.102. The normalized spacial score (nSPS) is 11.3. The minimum Gasteiger partial charge on any atom is -0.323 e. The number of anilines is 2. The molecule has 0 bridgehead atoms. The van der Waals surface area contributed by atoms with Crippen LogP contribution in [0.2, 0.25) is 10.0 Å². The molecule has 0 saturated heterocycles. The molecule has 0 aliphatic carbocycles. The molecule has 0 heterocycles. The molecule has 3 aromatic carbocycles. The van der Waals surface area contributed by atoms with Crippen molar-refractivity contribution in [2.75, 3.05) is 16.2 Å². The van der Waals surface area contributed by atoms with Gasteiger partial charge >= 0.3 is 0 Å². The quantitative estimate of drug-likeness (QED) is 0.492. The zero-order valence-electron chi connectivity index (χ0n) is 17.3. The van der Waals surface area contributed by atoms with Gasteiger partial charge in [-0.3, -0.25) is 9.10 Å². The molecule has 0 radical (unpaired) electrons. The molecule has 0 unspecified atom stereocenters. The molecule has 3 rings (SSSR count). The second kappa shape index (κ2) is 9.30. The summed E-state index contributed by atoms with van der Waals surface area (Å²) in [5.41, 5.74) is 3.58. The minimum atomic E-state index is -3.99. The molecule has 0 aliphatic heterocycles. The molecule has 162 valence electrons. The van der Waals surface area contributed by atoms with Gasteiger partial charge in [0.25, 0.3) is 10.0 Å². The molecule has 3 aromatic rings. The molecule has 0 saturated carbocycles. The predicted molar refractivity (Wildman–Crippen MR) is 127 cm³/mol. The van der Waals surface area contributed by atoms with Crippen molar-refractivity contribution in [3.63, 3.8) is 0 Å². The Kier molecular flexibility index (Phi) is 6.94. The van der Waals surface area contributed by atoms with Crippen LogP contribution in [-0.4, -0.2) is 20.9 Å². The van der Waals surface area contributed by atoms with Crippen molar-refractivity contribution in [3.05, 3.63) is 87.4 Å². The van der Waals surface area contributed by atoms with Gasteiger partial charge in [0.05, 0.1) is 21.3 Å². The van der Waals surface area contributed by atoms with Crippen molar-refractivity contribution in [3.8, 4) is 0 Å². The van der Waals surface area contributed by atoms with Crippen LogP contribution in [0.25, 0.3) is 0 Å². The third-order valence-corrected chi connectivity index (χ3v) is 7.23. The first-order chi connectivity index (χ1) is 14.6. The summed E-state index contributed by atoms with van der Waals surface area (Å²) >= 11 is 12.1. The van der Waals surface area contributed by atoms with Crippen LogP contribution in [0.1, 0.15) is 16.7 Å². The molecule has 1 N–H and O–H groups in total. The summed E-state index contributed by atoms with van der Waals surface area (Å²) in [5.74, 6) is -0.543. The monoisotopic (exact) mass is 476 g/mol. The molecular weight excluding hydrogens is 455 g/mol. The average Bonchev–Trinajstić information content (AvgIpc) is 2.71. The van der Waals surface area contributed by atoms with E-state index in [2.05, 4.69) is 5.32 Å². The molecule has 0 spiro atoms. The van der Waals surface area contributed by atoms with Gasteiger partial charge in [0, 0.05) is 5.02 Å². The summed E-state index contributed by atoms with van der Waals surface area (Å²) in [5, 5.41) is 3.35. The highest BCUT2D eigenvalue weighted by atomic mass is 35.5. The van der Waals surface area contributed by atoms with Crippen LogP contribution in [0.3, 0.4) is 0 Å². The lowest BCUT2D eigenvalue weighted by atomic mass is 10.1. The number of halogens is 2. The second-order valence-corrected chi connectivity index (χ2v) is 9.97. The Labute approximate surface area is 192 Å². The van der Waals surface area contributed by atoms with Crippen LogP contribution in [0.5, 0.6) is 0 Å². The Morgan fingerprint density at radius 2 is 1.58 bits per heavy atom. The topological polar surface area (TPSA) is 66.5 Å². The molecule has 8 heteroatoms. The van der Waals surface area contributed by atoms with E-state index in [9.17, 15) is 13.2 Å². The van der Waals surface area contributed by atoms with Crippen LogP contribution < -0.4 is 9.62 Å².